The van der Waals surface area contributed by atoms with Crippen LogP contribution in [0.4, 0.5) is 5.69 Å². The van der Waals surface area contributed by atoms with Gasteiger partial charge in [0.25, 0.3) is 0 Å². The fourth-order valence-corrected chi connectivity index (χ4v) is 1.76. The number of hydrogen-bond acceptors (Lipinski definition) is 3. The van der Waals surface area contributed by atoms with Crippen LogP contribution in [-0.2, 0) is 0 Å². The average Bonchev–Trinajstić information content (AvgIpc) is 2.48. The Labute approximate surface area is 124 Å². The van der Waals surface area contributed by atoms with Crippen LogP contribution >= 0.6 is 11.6 Å². The van der Waals surface area contributed by atoms with E-state index in [2.05, 4.69) is 17.5 Å². The molecule has 0 atom stereocenters. The summed E-state index contributed by atoms with van der Waals surface area (Å²) in [6.07, 6.45) is 2.73. The summed E-state index contributed by atoms with van der Waals surface area (Å²) in [5.41, 5.74) is 4.79. The smallest absolute Gasteiger partial charge is 0.128 e. The van der Waals surface area contributed by atoms with Crippen LogP contribution in [0.2, 0.25) is 5.02 Å². The van der Waals surface area contributed by atoms with Gasteiger partial charge in [0.05, 0.1) is 18.5 Å². The van der Waals surface area contributed by atoms with Gasteiger partial charge >= 0.3 is 0 Å². The van der Waals surface area contributed by atoms with E-state index in [9.17, 15) is 0 Å². The lowest BCUT2D eigenvalue weighted by atomic mass is 10.2. The van der Waals surface area contributed by atoms with Crippen molar-refractivity contribution in [3.63, 3.8) is 0 Å². The molecule has 0 saturated carbocycles. The zero-order valence-electron chi connectivity index (χ0n) is 11.3. The van der Waals surface area contributed by atoms with Crippen molar-refractivity contribution in [2.75, 3.05) is 12.0 Å². The van der Waals surface area contributed by atoms with Crippen molar-refractivity contribution >= 4 is 23.5 Å². The number of nitrogens with one attached hydrogen (secondary N) is 1. The molecule has 2 aromatic rings. The lowest BCUT2D eigenvalue weighted by molar-refractivity contribution is 0.317. The number of halogens is 1. The minimum atomic E-state index is 0.704. The summed E-state index contributed by atoms with van der Waals surface area (Å²) in [5.74, 6) is 0.844. The van der Waals surface area contributed by atoms with Crippen molar-refractivity contribution in [3.8, 4) is 5.75 Å². The molecular formula is C16H17ClN2O. The minimum absolute atomic E-state index is 0.704. The molecule has 0 bridgehead atoms. The summed E-state index contributed by atoms with van der Waals surface area (Å²) in [4.78, 5) is 0. The maximum atomic E-state index is 5.83. The van der Waals surface area contributed by atoms with Gasteiger partial charge < -0.3 is 4.74 Å². The molecule has 0 fully saturated rings. The van der Waals surface area contributed by atoms with Gasteiger partial charge in [-0.2, -0.15) is 5.10 Å². The lowest BCUT2D eigenvalue weighted by Crippen LogP contribution is -1.99. The number of hydrazone groups is 1. The fourth-order valence-electron chi connectivity index (χ4n) is 1.63. The Bertz CT molecular complexity index is 567. The first kappa shape index (κ1) is 14.4. The molecular weight excluding hydrogens is 272 g/mol. The highest BCUT2D eigenvalue weighted by Gasteiger charge is 1.99. The summed E-state index contributed by atoms with van der Waals surface area (Å²) in [6.45, 7) is 2.79. The molecule has 0 aliphatic heterocycles. The summed E-state index contributed by atoms with van der Waals surface area (Å²) >= 11 is 5.83. The molecule has 104 valence electrons. The second-order valence-electron chi connectivity index (χ2n) is 4.26. The van der Waals surface area contributed by atoms with Crippen LogP contribution < -0.4 is 10.2 Å². The number of para-hydroxylation sites is 1. The zero-order chi connectivity index (χ0) is 14.2. The van der Waals surface area contributed by atoms with E-state index < -0.39 is 0 Å². The molecule has 0 amide bonds. The van der Waals surface area contributed by atoms with Gasteiger partial charge in [0.1, 0.15) is 5.75 Å². The van der Waals surface area contributed by atoms with Gasteiger partial charge in [0.15, 0.2) is 0 Å². The van der Waals surface area contributed by atoms with Gasteiger partial charge in [-0.05, 0) is 42.8 Å². The van der Waals surface area contributed by atoms with E-state index in [1.807, 2.05) is 48.5 Å². The van der Waals surface area contributed by atoms with E-state index in [0.717, 1.165) is 23.4 Å². The molecule has 2 rings (SSSR count). The van der Waals surface area contributed by atoms with E-state index in [4.69, 9.17) is 16.3 Å². The third-order valence-electron chi connectivity index (χ3n) is 2.62. The normalized spacial score (nSPS) is 10.7. The van der Waals surface area contributed by atoms with Crippen LogP contribution in [0.1, 0.15) is 18.9 Å². The van der Waals surface area contributed by atoms with Gasteiger partial charge in [0.2, 0.25) is 0 Å². The molecule has 2 aromatic carbocycles. The molecule has 0 heterocycles. The second kappa shape index (κ2) is 7.56. The first-order valence-corrected chi connectivity index (χ1v) is 6.94. The van der Waals surface area contributed by atoms with Crippen LogP contribution in [0.3, 0.4) is 0 Å². The Kier molecular flexibility index (Phi) is 5.44. The van der Waals surface area contributed by atoms with Crippen LogP contribution in [0.5, 0.6) is 5.75 Å². The van der Waals surface area contributed by atoms with Crippen LogP contribution in [-0.4, -0.2) is 12.8 Å². The summed E-state index contributed by atoms with van der Waals surface area (Å²) in [5, 5.41) is 4.92. The zero-order valence-corrected chi connectivity index (χ0v) is 12.1. The van der Waals surface area contributed by atoms with Gasteiger partial charge in [0, 0.05) is 10.6 Å². The van der Waals surface area contributed by atoms with E-state index in [0.29, 0.717) is 11.6 Å². The maximum absolute atomic E-state index is 5.83. The lowest BCUT2D eigenvalue weighted by Gasteiger charge is -2.07. The van der Waals surface area contributed by atoms with Crippen molar-refractivity contribution in [2.45, 2.75) is 13.3 Å². The molecule has 0 aliphatic carbocycles. The highest BCUT2D eigenvalue weighted by atomic mass is 35.5. The molecule has 3 nitrogen and oxygen atoms in total. The third kappa shape index (κ3) is 4.28. The number of hydrogen-bond donors (Lipinski definition) is 1. The summed E-state index contributed by atoms with van der Waals surface area (Å²) < 4.78 is 5.67. The molecule has 0 unspecified atom stereocenters. The molecule has 20 heavy (non-hydrogen) atoms. The van der Waals surface area contributed by atoms with E-state index in [-0.39, 0.29) is 0 Å². The Morgan fingerprint density at radius 1 is 1.15 bits per heavy atom. The monoisotopic (exact) mass is 288 g/mol. The van der Waals surface area contributed by atoms with Crippen LogP contribution in [0.15, 0.2) is 53.6 Å². The number of ether oxygens (including phenoxy) is 1. The van der Waals surface area contributed by atoms with Crippen molar-refractivity contribution in [1.29, 1.82) is 0 Å². The number of anilines is 1. The molecule has 1 N–H and O–H groups in total. The number of rotatable bonds is 6. The molecule has 0 spiro atoms. The standard InChI is InChI=1S/C16H17ClN2O/c1-2-11-20-16-6-4-3-5-13(16)12-18-19-15-9-7-14(17)8-10-15/h3-10,12,19H,2,11H2,1H3/b18-12+. The predicted octanol–water partition coefficient (Wildman–Crippen LogP) is 4.57. The van der Waals surface area contributed by atoms with Gasteiger partial charge in [-0.3, -0.25) is 5.43 Å². The van der Waals surface area contributed by atoms with E-state index >= 15 is 0 Å². The topological polar surface area (TPSA) is 33.6 Å². The van der Waals surface area contributed by atoms with Crippen LogP contribution in [0, 0.1) is 0 Å². The Hall–Kier alpha value is -2.00. The van der Waals surface area contributed by atoms with Crippen molar-refractivity contribution in [3.05, 3.63) is 59.1 Å². The Morgan fingerprint density at radius 3 is 2.65 bits per heavy atom. The summed E-state index contributed by atoms with van der Waals surface area (Å²) in [7, 11) is 0. The van der Waals surface area contributed by atoms with Crippen molar-refractivity contribution in [1.82, 2.24) is 0 Å². The maximum Gasteiger partial charge on any atom is 0.128 e. The molecule has 4 heteroatoms. The Balaban J connectivity index is 2.01. The highest BCUT2D eigenvalue weighted by molar-refractivity contribution is 6.30. The van der Waals surface area contributed by atoms with Crippen molar-refractivity contribution < 1.29 is 4.74 Å². The molecule has 0 radical (unpaired) electrons. The van der Waals surface area contributed by atoms with E-state index in [1.54, 1.807) is 6.21 Å². The number of benzene rings is 2. The first-order valence-electron chi connectivity index (χ1n) is 6.56. The van der Waals surface area contributed by atoms with Gasteiger partial charge in [-0.1, -0.05) is 30.7 Å². The molecule has 0 saturated heterocycles. The van der Waals surface area contributed by atoms with Crippen LogP contribution in [0.25, 0.3) is 0 Å². The number of nitrogens with zero attached hydrogens (tertiary/aromatic N) is 1. The molecule has 0 aliphatic rings. The Morgan fingerprint density at radius 2 is 1.90 bits per heavy atom. The minimum Gasteiger partial charge on any atom is -0.493 e. The highest BCUT2D eigenvalue weighted by Crippen LogP contribution is 2.17. The van der Waals surface area contributed by atoms with Gasteiger partial charge in [-0.25, -0.2) is 0 Å². The van der Waals surface area contributed by atoms with E-state index in [1.165, 1.54) is 0 Å². The molecule has 0 aromatic heterocycles. The predicted molar refractivity (Wildman–Crippen MR) is 84.9 cm³/mol. The summed E-state index contributed by atoms with van der Waals surface area (Å²) in [6, 6.07) is 15.2. The quantitative estimate of drug-likeness (QED) is 0.624. The second-order valence-corrected chi connectivity index (χ2v) is 4.70. The third-order valence-corrected chi connectivity index (χ3v) is 2.87. The first-order chi connectivity index (χ1) is 9.79. The van der Waals surface area contributed by atoms with Crippen molar-refractivity contribution in [2.24, 2.45) is 5.10 Å². The largest absolute Gasteiger partial charge is 0.493 e. The van der Waals surface area contributed by atoms with Gasteiger partial charge in [-0.15, -0.1) is 0 Å². The fraction of sp³-hybridized carbons (Fsp3) is 0.188. The SMILES string of the molecule is CCCOc1ccccc1/C=N/Nc1ccc(Cl)cc1. The average molecular weight is 289 g/mol.